The summed E-state index contributed by atoms with van der Waals surface area (Å²) < 4.78 is 5.66. The molecule has 1 aliphatic heterocycles. The van der Waals surface area contributed by atoms with Crippen LogP contribution >= 0.6 is 0 Å². The van der Waals surface area contributed by atoms with E-state index in [1.807, 2.05) is 6.92 Å². The van der Waals surface area contributed by atoms with Crippen molar-refractivity contribution < 1.29 is 14.6 Å². The highest BCUT2D eigenvalue weighted by molar-refractivity contribution is 5.90. The van der Waals surface area contributed by atoms with Crippen molar-refractivity contribution in [3.63, 3.8) is 0 Å². The van der Waals surface area contributed by atoms with E-state index < -0.39 is 5.97 Å². The van der Waals surface area contributed by atoms with Crippen molar-refractivity contribution in [1.29, 1.82) is 0 Å². The Kier molecular flexibility index (Phi) is 3.95. The van der Waals surface area contributed by atoms with Gasteiger partial charge in [0.25, 0.3) is 0 Å². The van der Waals surface area contributed by atoms with E-state index in [9.17, 15) is 4.79 Å². The number of nitrogens with zero attached hydrogens (tertiary/aromatic N) is 1. The molecule has 2 atom stereocenters. The number of hydrogen-bond acceptors (Lipinski definition) is 4. The summed E-state index contributed by atoms with van der Waals surface area (Å²) in [6.07, 6.45) is 1.12. The molecule has 5 nitrogen and oxygen atoms in total. The summed E-state index contributed by atoms with van der Waals surface area (Å²) in [4.78, 5) is 13.1. The number of carboxylic acids is 1. The quantitative estimate of drug-likeness (QED) is 0.816. The minimum Gasteiger partial charge on any atom is -0.478 e. The van der Waals surface area contributed by atoms with Gasteiger partial charge in [-0.05, 0) is 31.5 Å². The van der Waals surface area contributed by atoms with E-state index in [1.165, 1.54) is 6.07 Å². The van der Waals surface area contributed by atoms with Crippen molar-refractivity contribution >= 4 is 17.3 Å². The normalized spacial score (nSPS) is 23.4. The number of carbonyl (C=O) groups is 1. The molecule has 5 heteroatoms. The van der Waals surface area contributed by atoms with E-state index in [2.05, 4.69) is 11.8 Å². The lowest BCUT2D eigenvalue weighted by atomic mass is 10.1. The first-order valence-corrected chi connectivity index (χ1v) is 6.54. The zero-order chi connectivity index (χ0) is 14.0. The summed E-state index contributed by atoms with van der Waals surface area (Å²) in [7, 11) is 0. The summed E-state index contributed by atoms with van der Waals surface area (Å²) in [5.74, 6) is -0.958. The molecular weight excluding hydrogens is 244 g/mol. The topological polar surface area (TPSA) is 75.8 Å². The third kappa shape index (κ3) is 2.81. The van der Waals surface area contributed by atoms with Crippen molar-refractivity contribution in [1.82, 2.24) is 0 Å². The van der Waals surface area contributed by atoms with Gasteiger partial charge in [-0.25, -0.2) is 4.79 Å². The van der Waals surface area contributed by atoms with Crippen molar-refractivity contribution in [3.05, 3.63) is 23.8 Å². The van der Waals surface area contributed by atoms with Crippen molar-refractivity contribution in [3.8, 4) is 0 Å². The van der Waals surface area contributed by atoms with E-state index in [1.54, 1.807) is 12.1 Å². The number of nitrogens with two attached hydrogens (primary N) is 1. The highest BCUT2D eigenvalue weighted by Gasteiger charge is 2.27. The van der Waals surface area contributed by atoms with Crippen LogP contribution in [0.3, 0.4) is 0 Å². The number of ether oxygens (including phenoxy) is 1. The Morgan fingerprint density at radius 3 is 2.89 bits per heavy atom. The van der Waals surface area contributed by atoms with Crippen LogP contribution in [0.2, 0.25) is 0 Å². The maximum atomic E-state index is 10.9. The molecule has 1 aromatic rings. The van der Waals surface area contributed by atoms with Gasteiger partial charge in [0.1, 0.15) is 0 Å². The fraction of sp³-hybridized carbons (Fsp3) is 0.500. The number of hydrogen-bond donors (Lipinski definition) is 2. The molecule has 2 unspecified atom stereocenters. The molecular formula is C14H20N2O3. The molecule has 3 N–H and O–H groups in total. The summed E-state index contributed by atoms with van der Waals surface area (Å²) in [6, 6.07) is 5.19. The average molecular weight is 264 g/mol. The summed E-state index contributed by atoms with van der Waals surface area (Å²) in [6.45, 7) is 5.59. The molecule has 2 rings (SSSR count). The van der Waals surface area contributed by atoms with E-state index in [-0.39, 0.29) is 17.7 Å². The molecule has 104 valence electrons. The minimum atomic E-state index is -0.958. The van der Waals surface area contributed by atoms with Gasteiger partial charge in [-0.3, -0.25) is 0 Å². The molecule has 0 bridgehead atoms. The molecule has 0 aliphatic carbocycles. The highest BCUT2D eigenvalue weighted by atomic mass is 16.5. The van der Waals surface area contributed by atoms with Crippen LogP contribution in [-0.2, 0) is 4.74 Å². The highest BCUT2D eigenvalue weighted by Crippen LogP contribution is 2.29. The summed E-state index contributed by atoms with van der Waals surface area (Å²) >= 11 is 0. The Morgan fingerprint density at radius 2 is 2.32 bits per heavy atom. The SMILES string of the molecule is CCC1COC(C)CN1c1ccc(C(=O)O)cc1N. The Bertz CT molecular complexity index is 476. The van der Waals surface area contributed by atoms with Crippen LogP contribution in [0.5, 0.6) is 0 Å². The van der Waals surface area contributed by atoms with Crippen molar-refractivity contribution in [2.24, 2.45) is 0 Å². The predicted octanol–water partition coefficient (Wildman–Crippen LogP) is 1.97. The number of rotatable bonds is 3. The van der Waals surface area contributed by atoms with Gasteiger partial charge in [-0.2, -0.15) is 0 Å². The van der Waals surface area contributed by atoms with Crippen molar-refractivity contribution in [2.45, 2.75) is 32.4 Å². The first-order chi connectivity index (χ1) is 9.02. The molecule has 1 aliphatic rings. The number of aromatic carboxylic acids is 1. The number of morpholine rings is 1. The maximum absolute atomic E-state index is 10.9. The maximum Gasteiger partial charge on any atom is 0.335 e. The molecule has 1 heterocycles. The predicted molar refractivity (Wildman–Crippen MR) is 74.7 cm³/mol. The van der Waals surface area contributed by atoms with Crippen LogP contribution in [0.25, 0.3) is 0 Å². The van der Waals surface area contributed by atoms with Gasteiger partial charge >= 0.3 is 5.97 Å². The Labute approximate surface area is 113 Å². The Hall–Kier alpha value is -1.75. The smallest absolute Gasteiger partial charge is 0.335 e. The first kappa shape index (κ1) is 13.7. The van der Waals surface area contributed by atoms with E-state index in [0.29, 0.717) is 12.3 Å². The van der Waals surface area contributed by atoms with Gasteiger partial charge in [0, 0.05) is 6.54 Å². The van der Waals surface area contributed by atoms with Gasteiger partial charge in [0.15, 0.2) is 0 Å². The third-order valence-electron chi connectivity index (χ3n) is 3.52. The summed E-state index contributed by atoms with van der Waals surface area (Å²) in [5.41, 5.74) is 7.63. The van der Waals surface area contributed by atoms with Gasteiger partial charge in [-0.1, -0.05) is 6.92 Å². The molecule has 19 heavy (non-hydrogen) atoms. The monoisotopic (exact) mass is 264 g/mol. The van der Waals surface area contributed by atoms with Crippen LogP contribution in [0.15, 0.2) is 18.2 Å². The summed E-state index contributed by atoms with van der Waals surface area (Å²) in [5, 5.41) is 8.96. The average Bonchev–Trinajstić information content (AvgIpc) is 2.38. The molecule has 1 fully saturated rings. The molecule has 1 saturated heterocycles. The standard InChI is InChI=1S/C14H20N2O3/c1-3-11-8-19-9(2)7-16(11)13-5-4-10(14(17)18)6-12(13)15/h4-6,9,11H,3,7-8,15H2,1-2H3,(H,17,18). The third-order valence-corrected chi connectivity index (χ3v) is 3.52. The van der Waals surface area contributed by atoms with Crippen molar-refractivity contribution in [2.75, 3.05) is 23.8 Å². The van der Waals surface area contributed by atoms with Crippen LogP contribution < -0.4 is 10.6 Å². The Morgan fingerprint density at radius 1 is 1.58 bits per heavy atom. The van der Waals surface area contributed by atoms with Gasteiger partial charge in [0.2, 0.25) is 0 Å². The largest absolute Gasteiger partial charge is 0.478 e. The van der Waals surface area contributed by atoms with Crippen LogP contribution in [0.1, 0.15) is 30.6 Å². The number of benzene rings is 1. The second-order valence-corrected chi connectivity index (χ2v) is 4.94. The second kappa shape index (κ2) is 5.48. The van der Waals surface area contributed by atoms with Crippen LogP contribution in [0.4, 0.5) is 11.4 Å². The molecule has 0 saturated carbocycles. The number of nitrogen functional groups attached to an aromatic ring is 1. The lowest BCUT2D eigenvalue weighted by molar-refractivity contribution is 0.0300. The number of carboxylic acid groups (broad SMARTS) is 1. The molecule has 0 spiro atoms. The van der Waals surface area contributed by atoms with E-state index in [4.69, 9.17) is 15.6 Å². The van der Waals surface area contributed by atoms with Crippen LogP contribution in [-0.4, -0.2) is 36.4 Å². The first-order valence-electron chi connectivity index (χ1n) is 6.54. The molecule has 0 aromatic heterocycles. The van der Waals surface area contributed by atoms with Gasteiger partial charge in [0.05, 0.1) is 35.7 Å². The van der Waals surface area contributed by atoms with E-state index >= 15 is 0 Å². The zero-order valence-corrected chi connectivity index (χ0v) is 11.3. The second-order valence-electron chi connectivity index (χ2n) is 4.94. The lowest BCUT2D eigenvalue weighted by Crippen LogP contribution is -2.48. The van der Waals surface area contributed by atoms with Crippen LogP contribution in [0, 0.1) is 0 Å². The fourth-order valence-electron chi connectivity index (χ4n) is 2.43. The fourth-order valence-corrected chi connectivity index (χ4v) is 2.43. The van der Waals surface area contributed by atoms with Gasteiger partial charge < -0.3 is 20.5 Å². The molecule has 0 radical (unpaired) electrons. The minimum absolute atomic E-state index is 0.154. The van der Waals surface area contributed by atoms with E-state index in [0.717, 1.165) is 18.7 Å². The lowest BCUT2D eigenvalue weighted by Gasteiger charge is -2.40. The van der Waals surface area contributed by atoms with Gasteiger partial charge in [-0.15, -0.1) is 0 Å². The Balaban J connectivity index is 2.31. The molecule has 0 amide bonds. The molecule has 1 aromatic carbocycles. The number of anilines is 2. The zero-order valence-electron chi connectivity index (χ0n) is 11.3.